The van der Waals surface area contributed by atoms with Crippen LogP contribution in [0.25, 0.3) is 11.4 Å². The average molecular weight is 907 g/mol. The Balaban J connectivity index is 0.000000196. The molecule has 2 aromatic heterocycles. The predicted octanol–water partition coefficient (Wildman–Crippen LogP) is 10.7. The van der Waals surface area contributed by atoms with Gasteiger partial charge in [-0.3, -0.25) is 0 Å². The lowest BCUT2D eigenvalue weighted by atomic mass is 9.78. The number of rotatable bonds is 12. The van der Waals surface area contributed by atoms with Crippen LogP contribution in [-0.4, -0.2) is 82.2 Å². The van der Waals surface area contributed by atoms with Gasteiger partial charge in [0, 0.05) is 24.9 Å². The number of alkyl carbamates (subject to hydrolysis) is 2. The van der Waals surface area contributed by atoms with Crippen molar-refractivity contribution in [1.82, 2.24) is 30.2 Å². The first kappa shape index (κ1) is 48.3. The molecule has 4 aliphatic rings. The van der Waals surface area contributed by atoms with Crippen molar-refractivity contribution in [1.29, 1.82) is 0 Å². The molecule has 2 amide bonds. The van der Waals surface area contributed by atoms with Gasteiger partial charge < -0.3 is 29.6 Å². The zero-order chi connectivity index (χ0) is 47.2. The summed E-state index contributed by atoms with van der Waals surface area (Å²) in [6.07, 6.45) is 15.7. The molecule has 0 radical (unpaired) electrons. The summed E-state index contributed by atoms with van der Waals surface area (Å²) in [7, 11) is 2.82. The molecular formula is C52H70N6O8. The number of nitrogens with zero attached hydrogens (tertiary/aromatic N) is 4. The normalized spacial score (nSPS) is 20.8. The molecule has 4 atom stereocenters. The second kappa shape index (κ2) is 20.9. The van der Waals surface area contributed by atoms with Crippen LogP contribution < -0.4 is 10.6 Å². The highest BCUT2D eigenvalue weighted by Gasteiger charge is 2.35. The third-order valence-corrected chi connectivity index (χ3v) is 13.0. The SMILES string of the molecule is COC(=O)c1cnn(-c2cccc([C@@H]3CCC[C@@H](CNC(=O)OC(C)(C)C)C3)c2)c1C1CC1.COC(=O)c1cnn(-c2cccc([C@H]3CCC[C@@H](CNC(=O)OC(C)(C)C)C3)c2)c1C1CC1. The smallest absolute Gasteiger partial charge is 0.407 e. The van der Waals surface area contributed by atoms with Gasteiger partial charge in [-0.2, -0.15) is 10.2 Å². The predicted molar refractivity (Wildman–Crippen MR) is 252 cm³/mol. The standard InChI is InChI=1S/2C26H35N3O4/c2*1-26(2,3)33-25(31)27-15-17-7-5-8-19(13-17)20-9-6-10-21(14-20)29-23(18-11-12-18)22(16-28-29)24(30)32-4/h2*6,9-10,14,16-19H,5,7-8,11-13,15H2,1-4H3,(H,27,31)/t17-,19+;17-,19-/m11/s1. The van der Waals surface area contributed by atoms with Crippen molar-refractivity contribution in [2.45, 2.75) is 153 Å². The molecule has 2 N–H and O–H groups in total. The number of aromatic nitrogens is 4. The van der Waals surface area contributed by atoms with Gasteiger partial charge in [0.1, 0.15) is 22.3 Å². The number of nitrogens with one attached hydrogen (secondary N) is 2. The van der Waals surface area contributed by atoms with E-state index in [-0.39, 0.29) is 24.1 Å². The molecule has 0 bridgehead atoms. The number of hydrogen-bond acceptors (Lipinski definition) is 10. The first-order valence-corrected chi connectivity index (χ1v) is 24.0. The fourth-order valence-corrected chi connectivity index (χ4v) is 9.62. The summed E-state index contributed by atoms with van der Waals surface area (Å²) in [5.74, 6) is 1.80. The second-order valence-corrected chi connectivity index (χ2v) is 20.7. The van der Waals surface area contributed by atoms with E-state index >= 15 is 0 Å². The monoisotopic (exact) mass is 907 g/mol. The van der Waals surface area contributed by atoms with Crippen LogP contribution in [0.4, 0.5) is 9.59 Å². The summed E-state index contributed by atoms with van der Waals surface area (Å²) in [4.78, 5) is 48.6. The molecule has 14 nitrogen and oxygen atoms in total. The van der Waals surface area contributed by atoms with Crippen LogP contribution >= 0.6 is 0 Å². The summed E-state index contributed by atoms with van der Waals surface area (Å²) in [6, 6.07) is 17.0. The summed E-state index contributed by atoms with van der Waals surface area (Å²) in [6.45, 7) is 12.5. The van der Waals surface area contributed by atoms with Gasteiger partial charge in [-0.05, 0) is 165 Å². The van der Waals surface area contributed by atoms with Crippen molar-refractivity contribution in [3.8, 4) is 11.4 Å². The number of amides is 2. The van der Waals surface area contributed by atoms with E-state index in [4.69, 9.17) is 18.9 Å². The molecule has 66 heavy (non-hydrogen) atoms. The number of hydrogen-bond donors (Lipinski definition) is 2. The highest BCUT2D eigenvalue weighted by Crippen LogP contribution is 2.45. The lowest BCUT2D eigenvalue weighted by Gasteiger charge is -2.30. The third-order valence-electron chi connectivity index (χ3n) is 13.0. The second-order valence-electron chi connectivity index (χ2n) is 20.7. The van der Waals surface area contributed by atoms with E-state index in [1.54, 1.807) is 12.4 Å². The summed E-state index contributed by atoms with van der Waals surface area (Å²) < 4.78 is 24.5. The number of benzene rings is 2. The van der Waals surface area contributed by atoms with Crippen LogP contribution in [0.15, 0.2) is 60.9 Å². The van der Waals surface area contributed by atoms with E-state index in [1.807, 2.05) is 63.0 Å². The molecular weight excluding hydrogens is 837 g/mol. The summed E-state index contributed by atoms with van der Waals surface area (Å²) in [5.41, 5.74) is 6.62. The van der Waals surface area contributed by atoms with E-state index in [0.29, 0.717) is 59.7 Å². The van der Waals surface area contributed by atoms with E-state index < -0.39 is 11.2 Å². The minimum absolute atomic E-state index is 0.327. The third kappa shape index (κ3) is 12.8. The molecule has 2 heterocycles. The van der Waals surface area contributed by atoms with Crippen LogP contribution in [0.2, 0.25) is 0 Å². The van der Waals surface area contributed by atoms with Gasteiger partial charge >= 0.3 is 24.1 Å². The Labute approximate surface area is 389 Å². The molecule has 4 fully saturated rings. The summed E-state index contributed by atoms with van der Waals surface area (Å²) in [5, 5.41) is 15.0. The van der Waals surface area contributed by atoms with Gasteiger partial charge in [-0.15, -0.1) is 0 Å². The minimum Gasteiger partial charge on any atom is -0.465 e. The Hall–Kier alpha value is -5.66. The summed E-state index contributed by atoms with van der Waals surface area (Å²) >= 11 is 0. The van der Waals surface area contributed by atoms with Crippen LogP contribution in [-0.2, 0) is 18.9 Å². The molecule has 4 aromatic rings. The Morgan fingerprint density at radius 3 is 1.32 bits per heavy atom. The van der Waals surface area contributed by atoms with Crippen molar-refractivity contribution in [3.05, 3.63) is 94.6 Å². The molecule has 0 spiro atoms. The molecule has 8 rings (SSSR count). The topological polar surface area (TPSA) is 165 Å². The highest BCUT2D eigenvalue weighted by molar-refractivity contribution is 5.91. The van der Waals surface area contributed by atoms with Crippen LogP contribution in [0.1, 0.15) is 185 Å². The number of carbonyl (C=O) groups is 4. The largest absolute Gasteiger partial charge is 0.465 e. The van der Waals surface area contributed by atoms with Gasteiger partial charge in [-0.1, -0.05) is 37.1 Å². The molecule has 4 saturated carbocycles. The number of methoxy groups -OCH3 is 2. The minimum atomic E-state index is -0.487. The molecule has 356 valence electrons. The number of ether oxygens (including phenoxy) is 4. The van der Waals surface area contributed by atoms with Crippen LogP contribution in [0, 0.1) is 11.8 Å². The fraction of sp³-hybridized carbons (Fsp3) is 0.577. The maximum Gasteiger partial charge on any atom is 0.407 e. The molecule has 0 unspecified atom stereocenters. The van der Waals surface area contributed by atoms with Crippen molar-refractivity contribution < 1.29 is 38.1 Å². The Morgan fingerprint density at radius 1 is 0.576 bits per heavy atom. The zero-order valence-electron chi connectivity index (χ0n) is 40.2. The average Bonchev–Trinajstić information content (AvgIpc) is 4.24. The van der Waals surface area contributed by atoms with Crippen LogP contribution in [0.5, 0.6) is 0 Å². The Bertz CT molecular complexity index is 2170. The molecule has 2 aromatic carbocycles. The molecule has 14 heteroatoms. The lowest BCUT2D eigenvalue weighted by Crippen LogP contribution is -2.36. The van der Waals surface area contributed by atoms with E-state index in [0.717, 1.165) is 99.8 Å². The number of carbonyl (C=O) groups excluding carboxylic acids is 4. The van der Waals surface area contributed by atoms with E-state index in [2.05, 4.69) is 57.2 Å². The lowest BCUT2D eigenvalue weighted by molar-refractivity contribution is 0.0503. The number of esters is 2. The van der Waals surface area contributed by atoms with Crippen molar-refractivity contribution >= 4 is 24.1 Å². The quantitative estimate of drug-likeness (QED) is 0.103. The maximum atomic E-state index is 12.2. The van der Waals surface area contributed by atoms with E-state index in [9.17, 15) is 19.2 Å². The van der Waals surface area contributed by atoms with Crippen molar-refractivity contribution in [2.24, 2.45) is 11.8 Å². The molecule has 0 saturated heterocycles. The Morgan fingerprint density at radius 2 is 0.970 bits per heavy atom. The Kier molecular flexibility index (Phi) is 15.3. The zero-order valence-corrected chi connectivity index (χ0v) is 40.2. The first-order valence-electron chi connectivity index (χ1n) is 24.0. The molecule has 4 aliphatic carbocycles. The van der Waals surface area contributed by atoms with Gasteiger partial charge in [-0.25, -0.2) is 28.5 Å². The van der Waals surface area contributed by atoms with E-state index in [1.165, 1.54) is 25.3 Å². The maximum absolute atomic E-state index is 12.2. The first-order chi connectivity index (χ1) is 31.5. The fourth-order valence-electron chi connectivity index (χ4n) is 9.62. The van der Waals surface area contributed by atoms with Gasteiger partial charge in [0.25, 0.3) is 0 Å². The van der Waals surface area contributed by atoms with Crippen LogP contribution in [0.3, 0.4) is 0 Å². The van der Waals surface area contributed by atoms with Gasteiger partial charge in [0.15, 0.2) is 0 Å². The highest BCUT2D eigenvalue weighted by atomic mass is 16.6. The van der Waals surface area contributed by atoms with Crippen molar-refractivity contribution in [3.63, 3.8) is 0 Å². The van der Waals surface area contributed by atoms with Gasteiger partial charge in [0.2, 0.25) is 0 Å². The molecule has 0 aliphatic heterocycles. The van der Waals surface area contributed by atoms with Gasteiger partial charge in [0.05, 0.1) is 49.4 Å². The van der Waals surface area contributed by atoms with Crippen molar-refractivity contribution in [2.75, 3.05) is 27.3 Å².